The number of benzene rings is 1. The molecule has 4 heterocycles. The first kappa shape index (κ1) is 22.2. The Morgan fingerprint density at radius 3 is 2.97 bits per heavy atom. The van der Waals surface area contributed by atoms with Crippen LogP contribution in [0, 0.1) is 18.8 Å². The molecule has 7 heteroatoms. The van der Waals surface area contributed by atoms with E-state index in [1.165, 1.54) is 43.9 Å². The van der Waals surface area contributed by atoms with Gasteiger partial charge in [-0.1, -0.05) is 29.7 Å². The molecule has 0 radical (unpaired) electrons. The van der Waals surface area contributed by atoms with Crippen molar-refractivity contribution in [2.75, 3.05) is 26.2 Å². The predicted molar refractivity (Wildman–Crippen MR) is 131 cm³/mol. The molecule has 0 saturated carbocycles. The van der Waals surface area contributed by atoms with Crippen molar-refractivity contribution < 1.29 is 13.9 Å². The second-order valence-corrected chi connectivity index (χ2v) is 10.8. The van der Waals surface area contributed by atoms with Crippen molar-refractivity contribution in [3.8, 4) is 5.75 Å². The number of carbonyl (C=O) groups excluding carboxylic acids is 1. The number of hydrogen-bond acceptors (Lipinski definition) is 5. The van der Waals surface area contributed by atoms with E-state index in [0.29, 0.717) is 34.2 Å². The third-order valence-electron chi connectivity index (χ3n) is 8.33. The topological polar surface area (TPSA) is 63.0 Å². The number of amides is 1. The van der Waals surface area contributed by atoms with Crippen LogP contribution in [0.2, 0.25) is 5.02 Å². The van der Waals surface area contributed by atoms with E-state index < -0.39 is 5.63 Å². The average Bonchev–Trinajstić information content (AvgIpc) is 2.83. The van der Waals surface area contributed by atoms with Crippen LogP contribution in [0.5, 0.6) is 5.75 Å². The Morgan fingerprint density at radius 2 is 2.09 bits per heavy atom. The number of likely N-dealkylation sites (tertiary alicyclic amines) is 1. The molecular weight excluding hydrogens is 452 g/mol. The minimum Gasteiger partial charge on any atom is -0.482 e. The number of hydrogen-bond donors (Lipinski definition) is 0. The van der Waals surface area contributed by atoms with Crippen molar-refractivity contribution >= 4 is 28.5 Å². The van der Waals surface area contributed by atoms with Crippen LogP contribution in [-0.4, -0.2) is 54.0 Å². The van der Waals surface area contributed by atoms with Gasteiger partial charge in [-0.25, -0.2) is 4.79 Å². The summed E-state index contributed by atoms with van der Waals surface area (Å²) in [5.74, 6) is 1.51. The Kier molecular flexibility index (Phi) is 5.69. The van der Waals surface area contributed by atoms with Crippen LogP contribution in [0.3, 0.4) is 0 Å². The number of ether oxygens (including phenoxy) is 1. The van der Waals surface area contributed by atoms with Crippen molar-refractivity contribution in [1.29, 1.82) is 0 Å². The molecule has 6 nitrogen and oxygen atoms in total. The van der Waals surface area contributed by atoms with Crippen molar-refractivity contribution in [2.45, 2.75) is 57.5 Å². The largest absolute Gasteiger partial charge is 0.482 e. The zero-order valence-electron chi connectivity index (χ0n) is 19.6. The highest BCUT2D eigenvalue weighted by atomic mass is 35.5. The van der Waals surface area contributed by atoms with E-state index in [0.717, 1.165) is 36.9 Å². The van der Waals surface area contributed by atoms with E-state index in [2.05, 4.69) is 15.9 Å². The molecule has 1 aromatic carbocycles. The van der Waals surface area contributed by atoms with E-state index in [-0.39, 0.29) is 18.6 Å². The van der Waals surface area contributed by atoms with E-state index in [4.69, 9.17) is 20.8 Å². The molecule has 3 aliphatic heterocycles. The molecule has 4 aliphatic rings. The standard InChI is InChI=1S/C27H31ClN2O4/c1-16-9-26(32)34-23-13-24(21(28)12-20(16)23)33-15-25(31)30-8-4-5-17-10-18-11-19(27(17)30)14-29-7-3-2-6-22(18)29/h9-10,12-13,18-19,22,27H,2-8,11,14-15H2,1H3/t18-,19+,22-,27+/m0/s1. The molecule has 2 bridgehead atoms. The molecular formula is C27H31ClN2O4. The molecule has 0 unspecified atom stereocenters. The van der Waals surface area contributed by atoms with Crippen molar-refractivity contribution in [3.63, 3.8) is 0 Å². The molecule has 1 aromatic heterocycles. The Balaban J connectivity index is 1.21. The van der Waals surface area contributed by atoms with Crippen LogP contribution >= 0.6 is 11.6 Å². The summed E-state index contributed by atoms with van der Waals surface area (Å²) >= 11 is 6.44. The van der Waals surface area contributed by atoms with Gasteiger partial charge in [0.2, 0.25) is 0 Å². The second kappa shape index (κ2) is 8.72. The fourth-order valence-corrected chi connectivity index (χ4v) is 7.12. The second-order valence-electron chi connectivity index (χ2n) is 10.4. The molecule has 180 valence electrons. The number of carbonyl (C=O) groups is 1. The molecule has 3 saturated heterocycles. The minimum atomic E-state index is -0.416. The monoisotopic (exact) mass is 482 g/mol. The van der Waals surface area contributed by atoms with Crippen LogP contribution in [0.25, 0.3) is 11.0 Å². The Morgan fingerprint density at radius 1 is 1.21 bits per heavy atom. The van der Waals surface area contributed by atoms with E-state index >= 15 is 0 Å². The van der Waals surface area contributed by atoms with Gasteiger partial charge in [-0.05, 0) is 69.0 Å². The molecule has 0 N–H and O–H groups in total. The van der Waals surface area contributed by atoms with Gasteiger partial charge in [0.1, 0.15) is 11.3 Å². The maximum Gasteiger partial charge on any atom is 0.336 e. The summed E-state index contributed by atoms with van der Waals surface area (Å²) in [6.45, 7) is 4.83. The van der Waals surface area contributed by atoms with Crippen molar-refractivity contribution in [1.82, 2.24) is 9.80 Å². The lowest BCUT2D eigenvalue weighted by Crippen LogP contribution is -2.60. The van der Waals surface area contributed by atoms with Gasteiger partial charge in [-0.15, -0.1) is 0 Å². The summed E-state index contributed by atoms with van der Waals surface area (Å²) in [6, 6.07) is 5.68. The fraction of sp³-hybridized carbons (Fsp3) is 0.556. The van der Waals surface area contributed by atoms with Crippen LogP contribution in [-0.2, 0) is 4.79 Å². The zero-order valence-corrected chi connectivity index (χ0v) is 20.4. The van der Waals surface area contributed by atoms with E-state index in [1.54, 1.807) is 12.1 Å². The lowest BCUT2D eigenvalue weighted by atomic mass is 9.68. The normalized spacial score (nSPS) is 28.8. The van der Waals surface area contributed by atoms with Gasteiger partial charge in [0.25, 0.3) is 5.91 Å². The van der Waals surface area contributed by atoms with Crippen LogP contribution < -0.4 is 10.4 Å². The van der Waals surface area contributed by atoms with Gasteiger partial charge in [0, 0.05) is 36.7 Å². The van der Waals surface area contributed by atoms with Crippen LogP contribution in [0.1, 0.15) is 44.1 Å². The number of fused-ring (bicyclic) bond motifs is 7. The lowest BCUT2D eigenvalue weighted by Gasteiger charge is -2.54. The predicted octanol–water partition coefficient (Wildman–Crippen LogP) is 4.56. The molecule has 2 aromatic rings. The Hall–Kier alpha value is -2.31. The van der Waals surface area contributed by atoms with E-state index in [1.807, 2.05) is 6.92 Å². The number of nitrogens with zero attached hydrogens (tertiary/aromatic N) is 2. The highest BCUT2D eigenvalue weighted by molar-refractivity contribution is 6.32. The number of aryl methyl sites for hydroxylation is 1. The molecule has 1 amide bonds. The van der Waals surface area contributed by atoms with Gasteiger partial charge in [-0.3, -0.25) is 9.69 Å². The molecule has 6 rings (SSSR count). The highest BCUT2D eigenvalue weighted by Crippen LogP contribution is 2.45. The van der Waals surface area contributed by atoms with E-state index in [9.17, 15) is 9.59 Å². The van der Waals surface area contributed by atoms with Crippen LogP contribution in [0.15, 0.2) is 39.1 Å². The minimum absolute atomic E-state index is 0.00308. The number of piperidine rings is 3. The lowest BCUT2D eigenvalue weighted by molar-refractivity contribution is -0.138. The van der Waals surface area contributed by atoms with Gasteiger partial charge < -0.3 is 14.1 Å². The van der Waals surface area contributed by atoms with Gasteiger partial charge in [0.05, 0.1) is 11.1 Å². The van der Waals surface area contributed by atoms with Gasteiger partial charge >= 0.3 is 5.63 Å². The molecule has 0 spiro atoms. The summed E-state index contributed by atoms with van der Waals surface area (Å²) in [4.78, 5) is 29.9. The summed E-state index contributed by atoms with van der Waals surface area (Å²) in [5.41, 5.74) is 2.26. The summed E-state index contributed by atoms with van der Waals surface area (Å²) in [5, 5.41) is 1.17. The summed E-state index contributed by atoms with van der Waals surface area (Å²) in [7, 11) is 0. The van der Waals surface area contributed by atoms with Crippen molar-refractivity contribution in [3.05, 3.63) is 50.9 Å². The Bertz CT molecular complexity index is 1220. The average molecular weight is 483 g/mol. The molecule has 34 heavy (non-hydrogen) atoms. The third kappa shape index (κ3) is 3.85. The first-order chi connectivity index (χ1) is 16.5. The van der Waals surface area contributed by atoms with Crippen LogP contribution in [0.4, 0.5) is 0 Å². The maximum atomic E-state index is 13.4. The van der Waals surface area contributed by atoms with Gasteiger partial charge in [-0.2, -0.15) is 0 Å². The molecule has 4 atom stereocenters. The fourth-order valence-electron chi connectivity index (χ4n) is 6.91. The third-order valence-corrected chi connectivity index (χ3v) is 8.63. The zero-order chi connectivity index (χ0) is 23.4. The Labute approximate surface area is 204 Å². The first-order valence-electron chi connectivity index (χ1n) is 12.6. The first-order valence-corrected chi connectivity index (χ1v) is 13.0. The summed E-state index contributed by atoms with van der Waals surface area (Å²) < 4.78 is 11.2. The highest BCUT2D eigenvalue weighted by Gasteiger charge is 2.46. The molecule has 3 fully saturated rings. The number of halogens is 1. The van der Waals surface area contributed by atoms with Gasteiger partial charge in [0.15, 0.2) is 6.61 Å². The molecule has 1 aliphatic carbocycles. The number of rotatable bonds is 3. The quantitative estimate of drug-likeness (QED) is 0.474. The summed E-state index contributed by atoms with van der Waals surface area (Å²) in [6.07, 6.45) is 9.77. The van der Waals surface area contributed by atoms with Crippen molar-refractivity contribution in [2.24, 2.45) is 11.8 Å². The SMILES string of the molecule is Cc1cc(=O)oc2cc(OCC(=O)N3CCCC4=C[C@H]5C[C@H](CN6CCCC[C@@H]56)[C@@H]43)c(Cl)cc12. The smallest absolute Gasteiger partial charge is 0.336 e. The maximum absolute atomic E-state index is 13.4.